The Morgan fingerprint density at radius 2 is 1.78 bits per heavy atom. The van der Waals surface area contributed by atoms with Crippen molar-refractivity contribution in [2.75, 3.05) is 0 Å². The minimum atomic E-state index is -0.531. The zero-order chi connectivity index (χ0) is 19.0. The zero-order valence-corrected chi connectivity index (χ0v) is 16.9. The molecule has 0 heterocycles. The molecule has 3 aliphatic rings. The van der Waals surface area contributed by atoms with Crippen LogP contribution in [0.25, 0.3) is 0 Å². The number of allylic oxidation sites excluding steroid dienone is 2. The van der Waals surface area contributed by atoms with Crippen LogP contribution < -0.4 is 0 Å². The van der Waals surface area contributed by atoms with Crippen LogP contribution in [0.2, 0.25) is 0 Å². The van der Waals surface area contributed by atoms with Gasteiger partial charge in [0.1, 0.15) is 0 Å². The molecule has 0 N–H and O–H groups in total. The standard InChI is InChI=1S/C25H34F2/c1-3-5-17-7-8-19-14-20(11-10-18(19)12-17)23-15-21-9-6-16(4-2)13-22(21)24(26)25(23)27/h3,5,15-20H,4,6-14H2,1-2H3/b5-3+. The second kappa shape index (κ2) is 8.05. The third kappa shape index (κ3) is 3.74. The van der Waals surface area contributed by atoms with Crippen LogP contribution in [0, 0.1) is 35.3 Å². The lowest BCUT2D eigenvalue weighted by atomic mass is 9.63. The molecule has 4 rings (SSSR count). The van der Waals surface area contributed by atoms with Crippen molar-refractivity contribution in [3.63, 3.8) is 0 Å². The molecule has 2 heteroatoms. The molecule has 5 atom stereocenters. The Bertz CT molecular complexity index is 705. The zero-order valence-electron chi connectivity index (χ0n) is 16.9. The Kier molecular flexibility index (Phi) is 5.71. The normalized spacial score (nSPS) is 33.7. The summed E-state index contributed by atoms with van der Waals surface area (Å²) >= 11 is 0. The molecule has 0 nitrogen and oxygen atoms in total. The minimum absolute atomic E-state index is 0.216. The number of rotatable bonds is 3. The summed E-state index contributed by atoms with van der Waals surface area (Å²) in [6, 6.07) is 2.05. The van der Waals surface area contributed by atoms with Gasteiger partial charge in [-0.15, -0.1) is 0 Å². The van der Waals surface area contributed by atoms with Gasteiger partial charge in [-0.2, -0.15) is 0 Å². The summed E-state index contributed by atoms with van der Waals surface area (Å²) in [4.78, 5) is 0. The van der Waals surface area contributed by atoms with Gasteiger partial charge < -0.3 is 0 Å². The average molecular weight is 373 g/mol. The van der Waals surface area contributed by atoms with Gasteiger partial charge in [0.2, 0.25) is 0 Å². The highest BCUT2D eigenvalue weighted by Gasteiger charge is 2.37. The van der Waals surface area contributed by atoms with Gasteiger partial charge in [0, 0.05) is 0 Å². The maximum absolute atomic E-state index is 15.0. The van der Waals surface area contributed by atoms with Crippen LogP contribution in [-0.4, -0.2) is 0 Å². The molecular formula is C25H34F2. The van der Waals surface area contributed by atoms with E-state index in [0.29, 0.717) is 23.0 Å². The van der Waals surface area contributed by atoms with E-state index < -0.39 is 11.6 Å². The summed E-state index contributed by atoms with van der Waals surface area (Å²) in [7, 11) is 0. The van der Waals surface area contributed by atoms with Crippen molar-refractivity contribution in [3.8, 4) is 0 Å². The lowest BCUT2D eigenvalue weighted by molar-refractivity contribution is 0.132. The smallest absolute Gasteiger partial charge is 0.162 e. The molecule has 3 aliphatic carbocycles. The molecule has 0 aliphatic heterocycles. The van der Waals surface area contributed by atoms with E-state index in [9.17, 15) is 4.39 Å². The Morgan fingerprint density at radius 3 is 2.56 bits per heavy atom. The van der Waals surface area contributed by atoms with Crippen LogP contribution in [0.15, 0.2) is 18.2 Å². The van der Waals surface area contributed by atoms with Crippen molar-refractivity contribution in [2.24, 2.45) is 23.7 Å². The molecule has 1 aromatic rings. The number of hydrogen-bond donors (Lipinski definition) is 0. The van der Waals surface area contributed by atoms with Gasteiger partial charge in [0.05, 0.1) is 0 Å². The Balaban J connectivity index is 1.53. The van der Waals surface area contributed by atoms with Gasteiger partial charge in [-0.1, -0.05) is 31.6 Å². The number of hydrogen-bond acceptors (Lipinski definition) is 0. The van der Waals surface area contributed by atoms with E-state index >= 15 is 4.39 Å². The third-order valence-corrected chi connectivity index (χ3v) is 7.88. The van der Waals surface area contributed by atoms with E-state index in [-0.39, 0.29) is 5.92 Å². The monoisotopic (exact) mass is 372 g/mol. The predicted octanol–water partition coefficient (Wildman–Crippen LogP) is 7.36. The lowest BCUT2D eigenvalue weighted by Gasteiger charge is -2.42. The van der Waals surface area contributed by atoms with Crippen molar-refractivity contribution in [1.82, 2.24) is 0 Å². The third-order valence-electron chi connectivity index (χ3n) is 7.88. The largest absolute Gasteiger partial charge is 0.203 e. The topological polar surface area (TPSA) is 0 Å². The van der Waals surface area contributed by atoms with E-state index in [0.717, 1.165) is 55.9 Å². The number of fused-ring (bicyclic) bond motifs is 2. The first-order valence-corrected chi connectivity index (χ1v) is 11.2. The fraction of sp³-hybridized carbons (Fsp3) is 0.680. The summed E-state index contributed by atoms with van der Waals surface area (Å²) < 4.78 is 29.9. The first-order chi connectivity index (χ1) is 13.1. The molecule has 5 unspecified atom stereocenters. The van der Waals surface area contributed by atoms with Crippen LogP contribution in [-0.2, 0) is 12.8 Å². The van der Waals surface area contributed by atoms with Crippen LogP contribution in [0.5, 0.6) is 0 Å². The predicted molar refractivity (Wildman–Crippen MR) is 108 cm³/mol. The fourth-order valence-electron chi connectivity index (χ4n) is 6.23. The summed E-state index contributed by atoms with van der Waals surface area (Å²) in [5, 5.41) is 0. The molecule has 0 bridgehead atoms. The molecule has 27 heavy (non-hydrogen) atoms. The van der Waals surface area contributed by atoms with Gasteiger partial charge in [-0.05, 0) is 111 Å². The Labute approximate surface area is 163 Å². The van der Waals surface area contributed by atoms with E-state index in [2.05, 4.69) is 32.1 Å². The molecule has 0 saturated heterocycles. The maximum Gasteiger partial charge on any atom is 0.162 e. The van der Waals surface area contributed by atoms with Crippen LogP contribution in [0.4, 0.5) is 8.78 Å². The van der Waals surface area contributed by atoms with Crippen LogP contribution in [0.1, 0.15) is 87.8 Å². The molecule has 0 radical (unpaired) electrons. The summed E-state index contributed by atoms with van der Waals surface area (Å²) in [5.74, 6) is 1.89. The van der Waals surface area contributed by atoms with Crippen LogP contribution >= 0.6 is 0 Å². The van der Waals surface area contributed by atoms with Gasteiger partial charge in [-0.25, -0.2) is 8.78 Å². The second-order valence-electron chi connectivity index (χ2n) is 9.38. The molecule has 148 valence electrons. The highest BCUT2D eigenvalue weighted by Crippen LogP contribution is 2.49. The van der Waals surface area contributed by atoms with Crippen molar-refractivity contribution < 1.29 is 8.78 Å². The number of benzene rings is 1. The van der Waals surface area contributed by atoms with E-state index in [4.69, 9.17) is 0 Å². The Hall–Kier alpha value is -1.18. The minimum Gasteiger partial charge on any atom is -0.203 e. The first-order valence-electron chi connectivity index (χ1n) is 11.2. The van der Waals surface area contributed by atoms with Crippen molar-refractivity contribution in [3.05, 3.63) is 46.5 Å². The molecule has 2 saturated carbocycles. The van der Waals surface area contributed by atoms with Crippen molar-refractivity contribution >= 4 is 0 Å². The molecule has 1 aromatic carbocycles. The van der Waals surface area contributed by atoms with E-state index in [1.165, 1.54) is 25.7 Å². The lowest BCUT2D eigenvalue weighted by Crippen LogP contribution is -2.30. The molecule has 2 fully saturated rings. The summed E-state index contributed by atoms with van der Waals surface area (Å²) in [6.07, 6.45) is 15.4. The maximum atomic E-state index is 15.0. The molecule has 0 aromatic heterocycles. The highest BCUT2D eigenvalue weighted by molar-refractivity contribution is 5.38. The SMILES string of the molecule is C/C=C/C1CCC2CC(c3cc4c(c(F)c3F)CC(CC)CC4)CCC2C1. The Morgan fingerprint density at radius 1 is 1.00 bits per heavy atom. The summed E-state index contributed by atoms with van der Waals surface area (Å²) in [5.41, 5.74) is 2.46. The van der Waals surface area contributed by atoms with Crippen LogP contribution in [0.3, 0.4) is 0 Å². The number of halogens is 2. The van der Waals surface area contributed by atoms with Crippen molar-refractivity contribution in [2.45, 2.75) is 84.0 Å². The molecule has 0 spiro atoms. The van der Waals surface area contributed by atoms with E-state index in [1.807, 2.05) is 0 Å². The van der Waals surface area contributed by atoms with Gasteiger partial charge >= 0.3 is 0 Å². The quantitative estimate of drug-likeness (QED) is 0.486. The average Bonchev–Trinajstić information content (AvgIpc) is 2.70. The van der Waals surface area contributed by atoms with Crippen molar-refractivity contribution in [1.29, 1.82) is 0 Å². The first kappa shape index (κ1) is 19.2. The fourth-order valence-corrected chi connectivity index (χ4v) is 6.23. The van der Waals surface area contributed by atoms with Gasteiger partial charge in [0.25, 0.3) is 0 Å². The highest BCUT2D eigenvalue weighted by atomic mass is 19.2. The number of aryl methyl sites for hydroxylation is 1. The molecule has 0 amide bonds. The molecular weight excluding hydrogens is 338 g/mol. The summed E-state index contributed by atoms with van der Waals surface area (Å²) in [6.45, 7) is 4.26. The van der Waals surface area contributed by atoms with E-state index in [1.54, 1.807) is 0 Å². The van der Waals surface area contributed by atoms with Gasteiger partial charge in [-0.3, -0.25) is 0 Å². The van der Waals surface area contributed by atoms with Gasteiger partial charge in [0.15, 0.2) is 11.6 Å². The second-order valence-corrected chi connectivity index (χ2v) is 9.38.